The summed E-state index contributed by atoms with van der Waals surface area (Å²) < 4.78 is 5.67. The van der Waals surface area contributed by atoms with Crippen molar-refractivity contribution < 1.29 is 9.21 Å². The Morgan fingerprint density at radius 3 is 2.58 bits per heavy atom. The topological polar surface area (TPSA) is 56.0 Å². The molecule has 2 rings (SSSR count). The lowest BCUT2D eigenvalue weighted by Gasteiger charge is -2.17. The van der Waals surface area contributed by atoms with Crippen LogP contribution in [0.1, 0.15) is 64.7 Å². The van der Waals surface area contributed by atoms with Crippen molar-refractivity contribution in [2.45, 2.75) is 64.0 Å². The quantitative estimate of drug-likeness (QED) is 0.786. The standard InChI is InChI=1S/C14H22N2O2S/c1-14(2,3)11(17)9-19-13-16-15-12(18-13)10-7-5-4-6-8-10/h10H,4-9H2,1-3H3. The zero-order valence-corrected chi connectivity index (χ0v) is 12.8. The normalized spacial score (nSPS) is 17.6. The van der Waals surface area contributed by atoms with Crippen molar-refractivity contribution in [1.82, 2.24) is 10.2 Å². The lowest BCUT2D eigenvalue weighted by molar-refractivity contribution is -0.123. The van der Waals surface area contributed by atoms with Crippen molar-refractivity contribution in [1.29, 1.82) is 0 Å². The van der Waals surface area contributed by atoms with E-state index in [1.54, 1.807) is 0 Å². The lowest BCUT2D eigenvalue weighted by atomic mass is 9.89. The number of hydrogen-bond donors (Lipinski definition) is 0. The van der Waals surface area contributed by atoms with E-state index in [9.17, 15) is 4.79 Å². The molecule has 0 unspecified atom stereocenters. The highest BCUT2D eigenvalue weighted by molar-refractivity contribution is 7.99. The molecule has 0 saturated heterocycles. The molecule has 1 aromatic heterocycles. The van der Waals surface area contributed by atoms with E-state index in [2.05, 4.69) is 10.2 Å². The van der Waals surface area contributed by atoms with E-state index in [1.165, 1.54) is 31.0 Å². The first-order valence-electron chi connectivity index (χ1n) is 6.96. The average Bonchev–Trinajstić information content (AvgIpc) is 2.84. The van der Waals surface area contributed by atoms with Gasteiger partial charge in [0, 0.05) is 11.3 Å². The molecule has 1 aliphatic carbocycles. The number of carbonyl (C=O) groups excluding carboxylic acids is 1. The number of nitrogens with zero attached hydrogens (tertiary/aromatic N) is 2. The van der Waals surface area contributed by atoms with Crippen LogP contribution in [0.3, 0.4) is 0 Å². The second-order valence-corrected chi connectivity index (χ2v) is 7.13. The van der Waals surface area contributed by atoms with Gasteiger partial charge < -0.3 is 4.42 Å². The van der Waals surface area contributed by atoms with Crippen LogP contribution in [-0.2, 0) is 4.79 Å². The van der Waals surface area contributed by atoms with Gasteiger partial charge in [0.25, 0.3) is 5.22 Å². The minimum Gasteiger partial charge on any atom is -0.416 e. The third kappa shape index (κ3) is 4.06. The van der Waals surface area contributed by atoms with Crippen molar-refractivity contribution in [3.05, 3.63) is 5.89 Å². The Kier molecular flexibility index (Phi) is 4.66. The molecule has 0 atom stereocenters. The Balaban J connectivity index is 1.89. The summed E-state index contributed by atoms with van der Waals surface area (Å²) in [7, 11) is 0. The molecule has 1 heterocycles. The van der Waals surface area contributed by atoms with Crippen LogP contribution in [0.4, 0.5) is 0 Å². The highest BCUT2D eigenvalue weighted by atomic mass is 32.2. The third-order valence-corrected chi connectivity index (χ3v) is 4.36. The monoisotopic (exact) mass is 282 g/mol. The SMILES string of the molecule is CC(C)(C)C(=O)CSc1nnc(C2CCCCC2)o1. The summed E-state index contributed by atoms with van der Waals surface area (Å²) in [5.41, 5.74) is -0.306. The Morgan fingerprint density at radius 1 is 1.26 bits per heavy atom. The van der Waals surface area contributed by atoms with Crippen molar-refractivity contribution in [2.75, 3.05) is 5.75 Å². The van der Waals surface area contributed by atoms with Gasteiger partial charge in [-0.2, -0.15) is 0 Å². The van der Waals surface area contributed by atoms with Gasteiger partial charge in [-0.25, -0.2) is 0 Å². The van der Waals surface area contributed by atoms with E-state index >= 15 is 0 Å². The molecule has 0 amide bonds. The molecule has 0 radical (unpaired) electrons. The molecular weight excluding hydrogens is 260 g/mol. The van der Waals surface area contributed by atoms with Gasteiger partial charge >= 0.3 is 0 Å². The Bertz CT molecular complexity index is 431. The van der Waals surface area contributed by atoms with E-state index in [0.717, 1.165) is 18.7 Å². The zero-order valence-electron chi connectivity index (χ0n) is 11.9. The Morgan fingerprint density at radius 2 is 1.95 bits per heavy atom. The van der Waals surface area contributed by atoms with Crippen LogP contribution in [0.2, 0.25) is 0 Å². The number of thioether (sulfide) groups is 1. The molecule has 4 nitrogen and oxygen atoms in total. The second-order valence-electron chi connectivity index (χ2n) is 6.20. The lowest BCUT2D eigenvalue weighted by Crippen LogP contribution is -2.21. The first kappa shape index (κ1) is 14.6. The minimum absolute atomic E-state index is 0.204. The highest BCUT2D eigenvalue weighted by Crippen LogP contribution is 2.33. The first-order valence-corrected chi connectivity index (χ1v) is 7.95. The molecule has 1 aromatic rings. The molecule has 1 saturated carbocycles. The highest BCUT2D eigenvalue weighted by Gasteiger charge is 2.24. The van der Waals surface area contributed by atoms with Gasteiger partial charge in [-0.1, -0.05) is 51.8 Å². The summed E-state index contributed by atoms with van der Waals surface area (Å²) in [6.07, 6.45) is 6.10. The number of ketones is 1. The maximum atomic E-state index is 11.8. The van der Waals surface area contributed by atoms with Gasteiger partial charge in [0.15, 0.2) is 0 Å². The molecule has 19 heavy (non-hydrogen) atoms. The van der Waals surface area contributed by atoms with E-state index in [1.807, 2.05) is 20.8 Å². The van der Waals surface area contributed by atoms with Gasteiger partial charge in [-0.05, 0) is 12.8 Å². The van der Waals surface area contributed by atoms with E-state index < -0.39 is 0 Å². The summed E-state index contributed by atoms with van der Waals surface area (Å²) in [6, 6.07) is 0. The number of rotatable bonds is 4. The van der Waals surface area contributed by atoms with Crippen LogP contribution in [0.15, 0.2) is 9.64 Å². The zero-order chi connectivity index (χ0) is 13.9. The van der Waals surface area contributed by atoms with Crippen LogP contribution < -0.4 is 0 Å². The van der Waals surface area contributed by atoms with Crippen LogP contribution in [0, 0.1) is 5.41 Å². The maximum Gasteiger partial charge on any atom is 0.277 e. The predicted molar refractivity (Wildman–Crippen MR) is 75.3 cm³/mol. The largest absolute Gasteiger partial charge is 0.416 e. The van der Waals surface area contributed by atoms with Crippen LogP contribution in [0.25, 0.3) is 0 Å². The molecule has 5 heteroatoms. The van der Waals surface area contributed by atoms with Crippen molar-refractivity contribution in [3.63, 3.8) is 0 Å². The number of Topliss-reactive ketones (excluding diaryl/α,β-unsaturated/α-hetero) is 1. The molecule has 0 aromatic carbocycles. The van der Waals surface area contributed by atoms with Gasteiger partial charge in [-0.15, -0.1) is 10.2 Å². The summed E-state index contributed by atoms with van der Waals surface area (Å²) in [4.78, 5) is 11.8. The second kappa shape index (κ2) is 6.07. The molecule has 0 aliphatic heterocycles. The summed E-state index contributed by atoms with van der Waals surface area (Å²) in [5, 5.41) is 8.70. The molecule has 0 bridgehead atoms. The Labute approximate surface area is 118 Å². The number of hydrogen-bond acceptors (Lipinski definition) is 5. The minimum atomic E-state index is -0.306. The first-order chi connectivity index (χ1) is 8.97. The van der Waals surface area contributed by atoms with E-state index in [0.29, 0.717) is 16.9 Å². The van der Waals surface area contributed by atoms with Crippen molar-refractivity contribution in [3.8, 4) is 0 Å². The third-order valence-electron chi connectivity index (χ3n) is 3.54. The summed E-state index contributed by atoms with van der Waals surface area (Å²) in [6.45, 7) is 5.78. The fraction of sp³-hybridized carbons (Fsp3) is 0.786. The van der Waals surface area contributed by atoms with E-state index in [4.69, 9.17) is 4.42 Å². The van der Waals surface area contributed by atoms with Crippen LogP contribution >= 0.6 is 11.8 Å². The van der Waals surface area contributed by atoms with E-state index in [-0.39, 0.29) is 11.2 Å². The molecule has 106 valence electrons. The molecule has 1 fully saturated rings. The Hall–Kier alpha value is -0.840. The summed E-state index contributed by atoms with van der Waals surface area (Å²) >= 11 is 1.35. The molecule has 0 spiro atoms. The van der Waals surface area contributed by atoms with Gasteiger partial charge in [0.2, 0.25) is 5.89 Å². The van der Waals surface area contributed by atoms with Crippen molar-refractivity contribution >= 4 is 17.5 Å². The number of aromatic nitrogens is 2. The van der Waals surface area contributed by atoms with Crippen LogP contribution in [-0.4, -0.2) is 21.7 Å². The molecule has 0 N–H and O–H groups in total. The van der Waals surface area contributed by atoms with Crippen molar-refractivity contribution in [2.24, 2.45) is 5.41 Å². The van der Waals surface area contributed by atoms with Gasteiger partial charge in [0.05, 0.1) is 5.75 Å². The summed E-state index contributed by atoms with van der Waals surface area (Å²) in [5.74, 6) is 1.78. The van der Waals surface area contributed by atoms with Crippen LogP contribution in [0.5, 0.6) is 0 Å². The average molecular weight is 282 g/mol. The van der Waals surface area contributed by atoms with Gasteiger partial charge in [0.1, 0.15) is 5.78 Å². The van der Waals surface area contributed by atoms with Gasteiger partial charge in [-0.3, -0.25) is 4.79 Å². The smallest absolute Gasteiger partial charge is 0.277 e. The maximum absolute atomic E-state index is 11.8. The number of carbonyl (C=O) groups is 1. The predicted octanol–water partition coefficient (Wildman–Crippen LogP) is 3.82. The molecule has 1 aliphatic rings. The fourth-order valence-electron chi connectivity index (χ4n) is 2.14. The molecular formula is C14H22N2O2S. The fourth-order valence-corrected chi connectivity index (χ4v) is 3.07.